The van der Waals surface area contributed by atoms with Crippen LogP contribution >= 0.6 is 22.9 Å². The molecule has 0 spiro atoms. The Hall–Kier alpha value is -3.62. The third-order valence-electron chi connectivity index (χ3n) is 6.67. The molecule has 0 unspecified atom stereocenters. The molecule has 0 bridgehead atoms. The number of halogens is 1. The maximum Gasteiger partial charge on any atom is 0.341 e. The van der Waals surface area contributed by atoms with E-state index in [4.69, 9.17) is 25.5 Å². The topological polar surface area (TPSA) is 94.8 Å². The highest BCUT2D eigenvalue weighted by Gasteiger charge is 2.28. The summed E-state index contributed by atoms with van der Waals surface area (Å²) in [7, 11) is 0. The van der Waals surface area contributed by atoms with Gasteiger partial charge in [0, 0.05) is 10.4 Å². The molecule has 0 aliphatic heterocycles. The minimum atomic E-state index is -0.510. The maximum absolute atomic E-state index is 13.7. The normalized spacial score (nSPS) is 12.7. The molecule has 1 aliphatic rings. The van der Waals surface area contributed by atoms with Crippen LogP contribution in [-0.2, 0) is 22.4 Å². The van der Waals surface area contributed by atoms with Gasteiger partial charge in [0.1, 0.15) is 10.6 Å². The molecule has 0 radical (unpaired) electrons. The third-order valence-corrected chi connectivity index (χ3v) is 8.20. The van der Waals surface area contributed by atoms with Crippen LogP contribution in [0.25, 0.3) is 22.3 Å². The second kappa shape index (κ2) is 11.2. The van der Waals surface area contributed by atoms with Gasteiger partial charge in [0.2, 0.25) is 11.2 Å². The molecule has 5 rings (SSSR count). The minimum absolute atomic E-state index is 0.103. The number of nitrogens with one attached hydrogen (secondary N) is 1. The Labute approximate surface area is 234 Å². The SMILES string of the molecule is CCOC(=O)c1c(NC(=O)COc2c(-c3ccccc3Cl)oc3cc(C)cc(C)c3c2=O)sc2c1CCCC2. The predicted molar refractivity (Wildman–Crippen MR) is 153 cm³/mol. The molecule has 1 N–H and O–H groups in total. The van der Waals surface area contributed by atoms with Crippen LogP contribution in [0.5, 0.6) is 5.75 Å². The maximum atomic E-state index is 13.7. The summed E-state index contributed by atoms with van der Waals surface area (Å²) in [5, 5.41) is 4.01. The lowest BCUT2D eigenvalue weighted by Crippen LogP contribution is -2.23. The Morgan fingerprint density at radius 2 is 1.90 bits per heavy atom. The fraction of sp³-hybridized carbons (Fsp3) is 0.300. The van der Waals surface area contributed by atoms with Crippen molar-refractivity contribution in [2.24, 2.45) is 0 Å². The first-order valence-corrected chi connectivity index (χ1v) is 14.0. The van der Waals surface area contributed by atoms with Crippen LogP contribution in [0.4, 0.5) is 5.00 Å². The van der Waals surface area contributed by atoms with Gasteiger partial charge in [-0.2, -0.15) is 0 Å². The van der Waals surface area contributed by atoms with Gasteiger partial charge in [-0.15, -0.1) is 11.3 Å². The van der Waals surface area contributed by atoms with Crippen LogP contribution < -0.4 is 15.5 Å². The second-order valence-electron chi connectivity index (χ2n) is 9.50. The van der Waals surface area contributed by atoms with E-state index in [-0.39, 0.29) is 18.1 Å². The van der Waals surface area contributed by atoms with E-state index >= 15 is 0 Å². The van der Waals surface area contributed by atoms with Crippen LogP contribution in [0.2, 0.25) is 5.02 Å². The van der Waals surface area contributed by atoms with Gasteiger partial charge < -0.3 is 19.2 Å². The number of fused-ring (bicyclic) bond motifs is 2. The highest BCUT2D eigenvalue weighted by Crippen LogP contribution is 2.39. The van der Waals surface area contributed by atoms with Gasteiger partial charge >= 0.3 is 5.97 Å². The van der Waals surface area contributed by atoms with Crippen LogP contribution in [0.3, 0.4) is 0 Å². The number of esters is 1. The molecule has 39 heavy (non-hydrogen) atoms. The Balaban J connectivity index is 1.49. The van der Waals surface area contributed by atoms with Gasteiger partial charge in [0.25, 0.3) is 5.91 Å². The smallest absolute Gasteiger partial charge is 0.341 e. The predicted octanol–water partition coefficient (Wildman–Crippen LogP) is 6.86. The minimum Gasteiger partial charge on any atom is -0.476 e. The molecule has 4 aromatic rings. The number of hydrogen-bond donors (Lipinski definition) is 1. The lowest BCUT2D eigenvalue weighted by Gasteiger charge is -2.14. The zero-order valence-corrected chi connectivity index (χ0v) is 23.5. The number of aryl methyl sites for hydroxylation is 3. The number of benzene rings is 2. The van der Waals surface area contributed by atoms with E-state index in [1.165, 1.54) is 11.3 Å². The van der Waals surface area contributed by atoms with Crippen molar-refractivity contribution in [2.75, 3.05) is 18.5 Å². The van der Waals surface area contributed by atoms with Crippen LogP contribution in [0, 0.1) is 13.8 Å². The monoisotopic (exact) mass is 565 g/mol. The largest absolute Gasteiger partial charge is 0.476 e. The summed E-state index contributed by atoms with van der Waals surface area (Å²) in [5.41, 5.74) is 3.53. The molecule has 2 aromatic heterocycles. The van der Waals surface area contributed by atoms with Gasteiger partial charge in [-0.25, -0.2) is 4.79 Å². The van der Waals surface area contributed by atoms with Gasteiger partial charge in [0.05, 0.1) is 22.6 Å². The molecule has 202 valence electrons. The van der Waals surface area contributed by atoms with Crippen molar-refractivity contribution in [1.29, 1.82) is 0 Å². The van der Waals surface area contributed by atoms with E-state index in [9.17, 15) is 14.4 Å². The number of ether oxygens (including phenoxy) is 2. The summed E-state index contributed by atoms with van der Waals surface area (Å²) in [6.07, 6.45) is 3.64. The van der Waals surface area contributed by atoms with Crippen molar-refractivity contribution >= 4 is 50.8 Å². The second-order valence-corrected chi connectivity index (χ2v) is 11.0. The first-order valence-electron chi connectivity index (χ1n) is 12.9. The molecular weight excluding hydrogens is 538 g/mol. The van der Waals surface area contributed by atoms with Crippen LogP contribution in [0.1, 0.15) is 51.7 Å². The van der Waals surface area contributed by atoms with E-state index in [0.29, 0.717) is 32.1 Å². The molecule has 0 saturated heterocycles. The lowest BCUT2D eigenvalue weighted by molar-refractivity contribution is -0.118. The van der Waals surface area contributed by atoms with Crippen molar-refractivity contribution in [2.45, 2.75) is 46.5 Å². The molecule has 2 aromatic carbocycles. The van der Waals surface area contributed by atoms with Gasteiger partial charge in [-0.1, -0.05) is 29.8 Å². The fourth-order valence-corrected chi connectivity index (χ4v) is 6.52. The number of carbonyl (C=O) groups is 2. The van der Waals surface area contributed by atoms with Gasteiger partial charge in [0.15, 0.2) is 12.4 Å². The summed E-state index contributed by atoms with van der Waals surface area (Å²) in [5.74, 6) is -0.914. The first-order chi connectivity index (χ1) is 18.8. The summed E-state index contributed by atoms with van der Waals surface area (Å²) in [6.45, 7) is 5.26. The van der Waals surface area contributed by atoms with Crippen molar-refractivity contribution in [3.8, 4) is 17.1 Å². The number of amides is 1. The zero-order chi connectivity index (χ0) is 27.7. The average molecular weight is 566 g/mol. The summed E-state index contributed by atoms with van der Waals surface area (Å²) < 4.78 is 17.3. The highest BCUT2D eigenvalue weighted by molar-refractivity contribution is 7.17. The molecule has 0 atom stereocenters. The van der Waals surface area contributed by atoms with E-state index in [2.05, 4.69) is 5.32 Å². The highest BCUT2D eigenvalue weighted by atomic mass is 35.5. The van der Waals surface area contributed by atoms with E-state index in [0.717, 1.165) is 47.3 Å². The van der Waals surface area contributed by atoms with E-state index < -0.39 is 23.9 Å². The molecule has 2 heterocycles. The average Bonchev–Trinajstić information content (AvgIpc) is 3.25. The Kier molecular flexibility index (Phi) is 7.77. The Morgan fingerprint density at radius 3 is 2.67 bits per heavy atom. The standard InChI is InChI=1S/C30H28ClNO6S/c1-4-36-30(35)25-19-10-6-8-12-22(19)39-29(25)32-23(33)15-37-28-26(34)24-17(3)13-16(2)14-21(24)38-27(28)18-9-5-7-11-20(18)31/h5,7,9,11,13-14H,4,6,8,10,12,15H2,1-3H3,(H,32,33). The molecule has 9 heteroatoms. The number of anilines is 1. The molecule has 7 nitrogen and oxygen atoms in total. The number of rotatable bonds is 7. The molecule has 1 aliphatic carbocycles. The Morgan fingerprint density at radius 1 is 1.13 bits per heavy atom. The summed E-state index contributed by atoms with van der Waals surface area (Å²) >= 11 is 7.84. The quantitative estimate of drug-likeness (QED) is 0.246. The Bertz CT molecular complexity index is 1650. The van der Waals surface area contributed by atoms with Crippen molar-refractivity contribution in [3.05, 3.63) is 78.8 Å². The van der Waals surface area contributed by atoms with Crippen molar-refractivity contribution in [1.82, 2.24) is 0 Å². The first kappa shape index (κ1) is 27.0. The van der Waals surface area contributed by atoms with E-state index in [1.807, 2.05) is 19.9 Å². The summed E-state index contributed by atoms with van der Waals surface area (Å²) in [4.78, 5) is 40.6. The number of carbonyl (C=O) groups excluding carboxylic acids is 2. The number of thiophene rings is 1. The van der Waals surface area contributed by atoms with Crippen LogP contribution in [-0.4, -0.2) is 25.1 Å². The van der Waals surface area contributed by atoms with E-state index in [1.54, 1.807) is 37.3 Å². The summed E-state index contributed by atoms with van der Waals surface area (Å²) in [6, 6.07) is 10.6. The molecule has 1 amide bonds. The molecule has 0 fully saturated rings. The van der Waals surface area contributed by atoms with Gasteiger partial charge in [-0.3, -0.25) is 9.59 Å². The lowest BCUT2D eigenvalue weighted by atomic mass is 9.95. The van der Waals surface area contributed by atoms with Crippen molar-refractivity contribution in [3.63, 3.8) is 0 Å². The van der Waals surface area contributed by atoms with Crippen LogP contribution in [0.15, 0.2) is 45.6 Å². The van der Waals surface area contributed by atoms with Crippen molar-refractivity contribution < 1.29 is 23.5 Å². The van der Waals surface area contributed by atoms with Gasteiger partial charge in [-0.05, 0) is 81.3 Å². The fourth-order valence-electron chi connectivity index (χ4n) is 5.00. The molecular formula is C30H28ClNO6S. The third kappa shape index (κ3) is 5.31. The zero-order valence-electron chi connectivity index (χ0n) is 21.9. The molecule has 0 saturated carbocycles. The number of hydrogen-bond acceptors (Lipinski definition) is 7.